The predicted octanol–water partition coefficient (Wildman–Crippen LogP) is 4.71. The highest BCUT2D eigenvalue weighted by Gasteiger charge is 2.27. The minimum atomic E-state index is -3.61. The van der Waals surface area contributed by atoms with Gasteiger partial charge in [-0.15, -0.1) is 11.3 Å². The number of hydrogen-bond acceptors (Lipinski definition) is 6. The Kier molecular flexibility index (Phi) is 6.48. The van der Waals surface area contributed by atoms with E-state index in [2.05, 4.69) is 10.3 Å². The first-order valence-electron chi connectivity index (χ1n) is 11.1. The lowest BCUT2D eigenvalue weighted by Crippen LogP contribution is -2.35. The number of anilines is 2. The number of piperidine rings is 1. The quantitative estimate of drug-likeness (QED) is 0.565. The minimum Gasteiger partial charge on any atom is -0.376 e. The van der Waals surface area contributed by atoms with Gasteiger partial charge in [0.25, 0.3) is 5.91 Å². The fraction of sp³-hybridized carbons (Fsp3) is 0.417. The maximum Gasteiger partial charge on any atom is 0.266 e. The molecule has 1 aromatic carbocycles. The van der Waals surface area contributed by atoms with Crippen molar-refractivity contribution in [2.75, 3.05) is 37.4 Å². The smallest absolute Gasteiger partial charge is 0.266 e. The molecule has 1 aliphatic heterocycles. The zero-order valence-corrected chi connectivity index (χ0v) is 21.4. The van der Waals surface area contributed by atoms with Gasteiger partial charge in [0.05, 0.1) is 21.1 Å². The van der Waals surface area contributed by atoms with E-state index >= 15 is 0 Å². The molecule has 33 heavy (non-hydrogen) atoms. The number of carbonyl (C=O) groups excluding carboxylic acids is 1. The Morgan fingerprint density at radius 3 is 2.45 bits per heavy atom. The molecule has 1 N–H and O–H groups in total. The zero-order chi connectivity index (χ0) is 23.9. The van der Waals surface area contributed by atoms with Crippen molar-refractivity contribution in [3.8, 4) is 0 Å². The van der Waals surface area contributed by atoms with Crippen molar-refractivity contribution in [3.05, 3.63) is 46.0 Å². The van der Waals surface area contributed by atoms with Gasteiger partial charge in [-0.1, -0.05) is 6.42 Å². The molecule has 9 heteroatoms. The Morgan fingerprint density at radius 1 is 1.09 bits per heavy atom. The van der Waals surface area contributed by atoms with Crippen LogP contribution in [0, 0.1) is 20.8 Å². The Hall–Kier alpha value is -2.49. The van der Waals surface area contributed by atoms with E-state index in [1.807, 2.05) is 45.8 Å². The monoisotopic (exact) mass is 486 g/mol. The first kappa shape index (κ1) is 23.7. The summed E-state index contributed by atoms with van der Waals surface area (Å²) >= 11 is 1.36. The molecule has 0 aliphatic carbocycles. The summed E-state index contributed by atoms with van der Waals surface area (Å²) in [6.07, 6.45) is 2.79. The summed E-state index contributed by atoms with van der Waals surface area (Å²) < 4.78 is 28.0. The van der Waals surface area contributed by atoms with E-state index in [0.29, 0.717) is 23.7 Å². The first-order chi connectivity index (χ1) is 15.6. The number of nitrogens with one attached hydrogen (secondary N) is 1. The van der Waals surface area contributed by atoms with Gasteiger partial charge in [0.1, 0.15) is 4.83 Å². The van der Waals surface area contributed by atoms with Gasteiger partial charge in [0.15, 0.2) is 0 Å². The van der Waals surface area contributed by atoms with Crippen LogP contribution < -0.4 is 10.2 Å². The normalized spacial score (nSPS) is 15.1. The highest BCUT2D eigenvalue weighted by atomic mass is 32.2. The minimum absolute atomic E-state index is 0.200. The molecule has 1 saturated heterocycles. The van der Waals surface area contributed by atoms with Crippen molar-refractivity contribution >= 4 is 48.9 Å². The molecule has 7 nitrogen and oxygen atoms in total. The van der Waals surface area contributed by atoms with Gasteiger partial charge >= 0.3 is 0 Å². The molecule has 0 spiro atoms. The SMILES string of the molecule is Cc1cc(C)c2c(C)c(C(=O)Nc3cc(S(=O)(=O)N4CCCCC4)ccc3N(C)C)sc2n1. The number of pyridine rings is 1. The second kappa shape index (κ2) is 9.04. The van der Waals surface area contributed by atoms with Gasteiger partial charge in [0.2, 0.25) is 10.0 Å². The third-order valence-electron chi connectivity index (χ3n) is 6.08. The van der Waals surface area contributed by atoms with Gasteiger partial charge in [0, 0.05) is 38.3 Å². The second-order valence-corrected chi connectivity index (χ2v) is 11.7. The lowest BCUT2D eigenvalue weighted by Gasteiger charge is -2.26. The fourth-order valence-electron chi connectivity index (χ4n) is 4.44. The Labute approximate surface area is 199 Å². The van der Waals surface area contributed by atoms with Crippen molar-refractivity contribution in [3.63, 3.8) is 0 Å². The second-order valence-electron chi connectivity index (χ2n) is 8.81. The number of rotatable bonds is 5. The largest absolute Gasteiger partial charge is 0.376 e. The molecule has 0 bridgehead atoms. The summed E-state index contributed by atoms with van der Waals surface area (Å²) in [6.45, 7) is 6.97. The van der Waals surface area contributed by atoms with E-state index in [4.69, 9.17) is 0 Å². The molecule has 0 atom stereocenters. The number of hydrogen-bond donors (Lipinski definition) is 1. The lowest BCUT2D eigenvalue weighted by atomic mass is 10.1. The Bertz CT molecular complexity index is 1320. The maximum atomic E-state index is 13.3. The third-order valence-corrected chi connectivity index (χ3v) is 9.16. The number of sulfonamides is 1. The number of aromatic nitrogens is 1. The Morgan fingerprint density at radius 2 is 1.79 bits per heavy atom. The summed E-state index contributed by atoms with van der Waals surface area (Å²) in [5.41, 5.74) is 4.11. The van der Waals surface area contributed by atoms with Crippen LogP contribution in [0.4, 0.5) is 11.4 Å². The van der Waals surface area contributed by atoms with Crippen LogP contribution in [0.3, 0.4) is 0 Å². The molecule has 3 heterocycles. The van der Waals surface area contributed by atoms with Crippen LogP contribution in [0.15, 0.2) is 29.2 Å². The van der Waals surface area contributed by atoms with Crippen molar-refractivity contribution in [2.45, 2.75) is 44.9 Å². The molecule has 2 aromatic heterocycles. The van der Waals surface area contributed by atoms with E-state index in [9.17, 15) is 13.2 Å². The van der Waals surface area contributed by atoms with Crippen molar-refractivity contribution in [1.82, 2.24) is 9.29 Å². The molecule has 1 aliphatic rings. The van der Waals surface area contributed by atoms with Crippen molar-refractivity contribution < 1.29 is 13.2 Å². The fourth-order valence-corrected chi connectivity index (χ4v) is 7.18. The van der Waals surface area contributed by atoms with E-state index in [1.54, 1.807) is 22.5 Å². The molecule has 176 valence electrons. The number of nitrogens with zero attached hydrogens (tertiary/aromatic N) is 3. The molecule has 0 radical (unpaired) electrons. The average molecular weight is 487 g/mol. The van der Waals surface area contributed by atoms with E-state index < -0.39 is 10.0 Å². The van der Waals surface area contributed by atoms with Gasteiger partial charge < -0.3 is 10.2 Å². The molecule has 0 saturated carbocycles. The summed E-state index contributed by atoms with van der Waals surface area (Å²) in [4.78, 5) is 21.4. The van der Waals surface area contributed by atoms with Crippen LogP contribution in [-0.2, 0) is 10.0 Å². The standard InChI is InChI=1S/C24H30N4O3S2/c1-15-13-16(2)25-24-21(15)17(3)22(32-24)23(29)26-19-14-18(9-10-20(19)27(4)5)33(30,31)28-11-7-6-8-12-28/h9-10,13-14H,6-8,11-12H2,1-5H3,(H,26,29). The first-order valence-corrected chi connectivity index (χ1v) is 13.4. The van der Waals surface area contributed by atoms with Crippen LogP contribution >= 0.6 is 11.3 Å². The molecular formula is C24H30N4O3S2. The summed E-state index contributed by atoms with van der Waals surface area (Å²) in [7, 11) is 0.121. The highest BCUT2D eigenvalue weighted by Crippen LogP contribution is 2.35. The number of carbonyl (C=O) groups is 1. The van der Waals surface area contributed by atoms with Crippen molar-refractivity contribution in [1.29, 1.82) is 0 Å². The van der Waals surface area contributed by atoms with E-state index in [1.165, 1.54) is 11.3 Å². The van der Waals surface area contributed by atoms with Crippen LogP contribution in [0.5, 0.6) is 0 Å². The molecule has 1 fully saturated rings. The number of benzene rings is 1. The van der Waals surface area contributed by atoms with E-state index in [-0.39, 0.29) is 10.8 Å². The topological polar surface area (TPSA) is 82.6 Å². The average Bonchev–Trinajstić information content (AvgIpc) is 3.10. The van der Waals surface area contributed by atoms with E-state index in [0.717, 1.165) is 52.0 Å². The molecule has 3 aromatic rings. The maximum absolute atomic E-state index is 13.3. The molecule has 4 rings (SSSR count). The zero-order valence-electron chi connectivity index (χ0n) is 19.7. The summed E-state index contributed by atoms with van der Waals surface area (Å²) in [5, 5.41) is 3.98. The van der Waals surface area contributed by atoms with Gasteiger partial charge in [-0.3, -0.25) is 4.79 Å². The van der Waals surface area contributed by atoms with Crippen LogP contribution in [0.1, 0.15) is 45.8 Å². The number of thiophene rings is 1. The molecule has 1 amide bonds. The molecular weight excluding hydrogens is 456 g/mol. The van der Waals surface area contributed by atoms with Crippen LogP contribution in [0.2, 0.25) is 0 Å². The predicted molar refractivity (Wildman–Crippen MR) is 135 cm³/mol. The number of amides is 1. The molecule has 0 unspecified atom stereocenters. The van der Waals surface area contributed by atoms with Gasteiger partial charge in [-0.05, 0) is 69.0 Å². The summed E-state index contributed by atoms with van der Waals surface area (Å²) in [5.74, 6) is -0.261. The third kappa shape index (κ3) is 4.49. The number of aryl methyl sites for hydroxylation is 3. The lowest BCUT2D eigenvalue weighted by molar-refractivity contribution is 0.103. The number of fused-ring (bicyclic) bond motifs is 1. The van der Waals surface area contributed by atoms with Gasteiger partial charge in [-0.2, -0.15) is 4.31 Å². The van der Waals surface area contributed by atoms with Gasteiger partial charge in [-0.25, -0.2) is 13.4 Å². The Balaban J connectivity index is 1.72. The van der Waals surface area contributed by atoms with Crippen LogP contribution in [-0.4, -0.2) is 50.8 Å². The highest BCUT2D eigenvalue weighted by molar-refractivity contribution is 7.89. The summed E-state index contributed by atoms with van der Waals surface area (Å²) in [6, 6.07) is 6.96. The van der Waals surface area contributed by atoms with Crippen molar-refractivity contribution in [2.24, 2.45) is 0 Å². The van der Waals surface area contributed by atoms with Crippen LogP contribution in [0.25, 0.3) is 10.2 Å².